The molecule has 1 rings (SSSR count). The number of benzene rings is 1. The summed E-state index contributed by atoms with van der Waals surface area (Å²) in [7, 11) is 0. The summed E-state index contributed by atoms with van der Waals surface area (Å²) in [5.74, 6) is -1.11. The second-order valence-electron chi connectivity index (χ2n) is 3.77. The summed E-state index contributed by atoms with van der Waals surface area (Å²) < 4.78 is 36.2. The molecule has 100 valence electrons. The number of carboxylic acids is 1. The number of nitrogens with one attached hydrogen (secondary N) is 1. The van der Waals surface area contributed by atoms with Crippen molar-refractivity contribution in [1.29, 1.82) is 0 Å². The lowest BCUT2D eigenvalue weighted by atomic mass is 10.1. The Hall–Kier alpha value is -1.76. The molecule has 0 saturated carbocycles. The van der Waals surface area contributed by atoms with Crippen molar-refractivity contribution in [2.45, 2.75) is 19.2 Å². The first-order chi connectivity index (χ1) is 8.21. The van der Waals surface area contributed by atoms with Crippen LogP contribution in [0.4, 0.5) is 18.9 Å². The molecule has 0 radical (unpaired) electrons. The van der Waals surface area contributed by atoms with E-state index < -0.39 is 24.8 Å². The van der Waals surface area contributed by atoms with Crippen LogP contribution < -0.4 is 5.32 Å². The predicted molar refractivity (Wildman–Crippen MR) is 58.7 cm³/mol. The maximum atomic E-state index is 12.1. The van der Waals surface area contributed by atoms with Crippen LogP contribution in [0.3, 0.4) is 0 Å². The zero-order chi connectivity index (χ0) is 13.9. The highest BCUT2D eigenvalue weighted by atomic mass is 19.4. The standard InChI is InChI=1S/C11H12F3NO3/c1-6-4-7(10(17)18)2-3-8(6)15-5-9(16)11(12,13)14/h2-4,9,15-16H,5H2,1H3,(H,17,18). The van der Waals surface area contributed by atoms with E-state index in [1.54, 1.807) is 6.92 Å². The first-order valence-corrected chi connectivity index (χ1v) is 5.04. The van der Waals surface area contributed by atoms with Gasteiger partial charge in [0.15, 0.2) is 6.10 Å². The van der Waals surface area contributed by atoms with E-state index in [2.05, 4.69) is 5.32 Å². The highest BCUT2D eigenvalue weighted by Gasteiger charge is 2.37. The van der Waals surface area contributed by atoms with Crippen molar-refractivity contribution in [2.24, 2.45) is 0 Å². The number of carbonyl (C=O) groups is 1. The quantitative estimate of drug-likeness (QED) is 0.777. The van der Waals surface area contributed by atoms with Crippen LogP contribution in [0.2, 0.25) is 0 Å². The highest BCUT2D eigenvalue weighted by molar-refractivity contribution is 5.88. The van der Waals surface area contributed by atoms with Crippen molar-refractivity contribution in [1.82, 2.24) is 0 Å². The molecule has 0 heterocycles. The minimum Gasteiger partial charge on any atom is -0.478 e. The fourth-order valence-electron chi connectivity index (χ4n) is 1.32. The van der Waals surface area contributed by atoms with Crippen LogP contribution in [0.15, 0.2) is 18.2 Å². The lowest BCUT2D eigenvalue weighted by molar-refractivity contribution is -0.198. The molecule has 0 aliphatic carbocycles. The Morgan fingerprint density at radius 2 is 2.06 bits per heavy atom. The third-order valence-electron chi connectivity index (χ3n) is 2.34. The lowest BCUT2D eigenvalue weighted by Crippen LogP contribution is -2.35. The third kappa shape index (κ3) is 3.63. The van der Waals surface area contributed by atoms with E-state index >= 15 is 0 Å². The van der Waals surface area contributed by atoms with Crippen LogP contribution in [-0.4, -0.2) is 35.0 Å². The van der Waals surface area contributed by atoms with Crippen molar-refractivity contribution in [3.63, 3.8) is 0 Å². The molecule has 18 heavy (non-hydrogen) atoms. The van der Waals surface area contributed by atoms with E-state index in [1.165, 1.54) is 18.2 Å². The first-order valence-electron chi connectivity index (χ1n) is 5.04. The molecule has 1 atom stereocenters. The van der Waals surface area contributed by atoms with E-state index in [0.717, 1.165) is 0 Å². The molecule has 7 heteroatoms. The van der Waals surface area contributed by atoms with Crippen LogP contribution in [0, 0.1) is 6.92 Å². The molecular formula is C11H12F3NO3. The van der Waals surface area contributed by atoms with Gasteiger partial charge in [-0.3, -0.25) is 0 Å². The first kappa shape index (κ1) is 14.3. The summed E-state index contributed by atoms with van der Waals surface area (Å²) in [5.41, 5.74) is 0.891. The number of hydrogen-bond acceptors (Lipinski definition) is 3. The zero-order valence-corrected chi connectivity index (χ0v) is 9.45. The Kier molecular flexibility index (Phi) is 4.18. The fourth-order valence-corrected chi connectivity index (χ4v) is 1.32. The molecule has 1 aromatic carbocycles. The Morgan fingerprint density at radius 1 is 1.44 bits per heavy atom. The van der Waals surface area contributed by atoms with Gasteiger partial charge in [0.05, 0.1) is 5.56 Å². The number of aliphatic hydroxyl groups excluding tert-OH is 1. The fraction of sp³-hybridized carbons (Fsp3) is 0.364. The van der Waals surface area contributed by atoms with Gasteiger partial charge in [-0.05, 0) is 30.7 Å². The minimum atomic E-state index is -4.68. The van der Waals surface area contributed by atoms with Gasteiger partial charge in [-0.2, -0.15) is 13.2 Å². The van der Waals surface area contributed by atoms with Crippen molar-refractivity contribution in [2.75, 3.05) is 11.9 Å². The lowest BCUT2D eigenvalue weighted by Gasteiger charge is -2.17. The Morgan fingerprint density at radius 3 is 2.50 bits per heavy atom. The number of rotatable bonds is 4. The average molecular weight is 263 g/mol. The second-order valence-corrected chi connectivity index (χ2v) is 3.77. The van der Waals surface area contributed by atoms with Crippen LogP contribution >= 0.6 is 0 Å². The van der Waals surface area contributed by atoms with E-state index in [0.29, 0.717) is 11.3 Å². The summed E-state index contributed by atoms with van der Waals surface area (Å²) in [6.07, 6.45) is -7.14. The number of anilines is 1. The Bertz CT molecular complexity index is 446. The van der Waals surface area contributed by atoms with Gasteiger partial charge < -0.3 is 15.5 Å². The number of hydrogen-bond donors (Lipinski definition) is 3. The molecule has 3 N–H and O–H groups in total. The third-order valence-corrected chi connectivity index (χ3v) is 2.34. The number of alkyl halides is 3. The van der Waals surface area contributed by atoms with Crippen molar-refractivity contribution in [3.8, 4) is 0 Å². The summed E-state index contributed by atoms with van der Waals surface area (Å²) >= 11 is 0. The second kappa shape index (κ2) is 5.26. The summed E-state index contributed by atoms with van der Waals surface area (Å²) in [5, 5.41) is 19.9. The summed E-state index contributed by atoms with van der Waals surface area (Å²) in [6, 6.07) is 3.98. The maximum absolute atomic E-state index is 12.1. The average Bonchev–Trinajstić information content (AvgIpc) is 2.25. The van der Waals surface area contributed by atoms with E-state index in [1.807, 2.05) is 0 Å². The van der Waals surface area contributed by atoms with Gasteiger partial charge in [-0.25, -0.2) is 4.79 Å². The molecule has 0 bridgehead atoms. The molecule has 0 spiro atoms. The zero-order valence-electron chi connectivity index (χ0n) is 9.45. The van der Waals surface area contributed by atoms with Gasteiger partial charge in [-0.1, -0.05) is 0 Å². The molecule has 0 saturated heterocycles. The molecule has 0 aliphatic heterocycles. The number of halogens is 3. The Labute approximate surface area is 101 Å². The van der Waals surface area contributed by atoms with Gasteiger partial charge in [0.2, 0.25) is 0 Å². The van der Waals surface area contributed by atoms with Gasteiger partial charge in [-0.15, -0.1) is 0 Å². The number of aromatic carboxylic acids is 1. The highest BCUT2D eigenvalue weighted by Crippen LogP contribution is 2.22. The van der Waals surface area contributed by atoms with Crippen molar-refractivity contribution >= 4 is 11.7 Å². The maximum Gasteiger partial charge on any atom is 0.416 e. The number of aryl methyl sites for hydroxylation is 1. The summed E-state index contributed by atoms with van der Waals surface area (Å²) in [4.78, 5) is 10.7. The monoisotopic (exact) mass is 263 g/mol. The topological polar surface area (TPSA) is 69.6 Å². The van der Waals surface area contributed by atoms with E-state index in [-0.39, 0.29) is 5.56 Å². The van der Waals surface area contributed by atoms with Gasteiger partial charge >= 0.3 is 12.1 Å². The van der Waals surface area contributed by atoms with E-state index in [4.69, 9.17) is 10.2 Å². The molecule has 0 aromatic heterocycles. The van der Waals surface area contributed by atoms with Crippen molar-refractivity contribution < 1.29 is 28.2 Å². The largest absolute Gasteiger partial charge is 0.478 e. The van der Waals surface area contributed by atoms with Gasteiger partial charge in [0.1, 0.15) is 0 Å². The molecule has 0 aliphatic rings. The molecule has 4 nitrogen and oxygen atoms in total. The number of carboxylic acid groups (broad SMARTS) is 1. The van der Waals surface area contributed by atoms with E-state index in [9.17, 15) is 18.0 Å². The normalized spacial score (nSPS) is 13.2. The van der Waals surface area contributed by atoms with Crippen molar-refractivity contribution in [3.05, 3.63) is 29.3 Å². The molecule has 1 aromatic rings. The smallest absolute Gasteiger partial charge is 0.416 e. The molecule has 0 fully saturated rings. The van der Waals surface area contributed by atoms with Crippen LogP contribution in [0.1, 0.15) is 15.9 Å². The van der Waals surface area contributed by atoms with Gasteiger partial charge in [0.25, 0.3) is 0 Å². The van der Waals surface area contributed by atoms with Crippen LogP contribution in [-0.2, 0) is 0 Å². The molecule has 0 amide bonds. The Balaban J connectivity index is 2.72. The minimum absolute atomic E-state index is 0.0504. The SMILES string of the molecule is Cc1cc(C(=O)O)ccc1NCC(O)C(F)(F)F. The van der Waals surface area contributed by atoms with Crippen LogP contribution in [0.25, 0.3) is 0 Å². The molecular weight excluding hydrogens is 251 g/mol. The van der Waals surface area contributed by atoms with Crippen LogP contribution in [0.5, 0.6) is 0 Å². The number of aliphatic hydroxyl groups is 1. The predicted octanol–water partition coefficient (Wildman–Crippen LogP) is 2.03. The summed E-state index contributed by atoms with van der Waals surface area (Å²) in [6.45, 7) is 0.880. The molecule has 1 unspecified atom stereocenters. The van der Waals surface area contributed by atoms with Gasteiger partial charge in [0, 0.05) is 12.2 Å².